The van der Waals surface area contributed by atoms with Gasteiger partial charge in [-0.25, -0.2) is 0 Å². The second-order valence-electron chi connectivity index (χ2n) is 8.98. The lowest BCUT2D eigenvalue weighted by atomic mass is 9.83. The standard InChI is InChI=1S/C26H25N3O2S/c30-25(29-20-7-1-3-9-22(20)32-23-10-4-2-8-21(23)29)17-28-18-12-13-19(28)16-26(31,15-18)24-11-5-6-14-27-24/h1-11,14,18-19,31H,12-13,15-17H2/t18-,19+,26?. The first-order chi connectivity index (χ1) is 15.6. The summed E-state index contributed by atoms with van der Waals surface area (Å²) in [7, 11) is 0. The normalized spacial score (nSPS) is 26.5. The van der Waals surface area contributed by atoms with E-state index in [1.807, 2.05) is 59.5 Å². The average molecular weight is 444 g/mol. The zero-order valence-corrected chi connectivity index (χ0v) is 18.5. The highest BCUT2D eigenvalue weighted by Crippen LogP contribution is 2.49. The lowest BCUT2D eigenvalue weighted by molar-refractivity contribution is -0.123. The lowest BCUT2D eigenvalue weighted by Gasteiger charge is -2.44. The number of pyridine rings is 1. The highest BCUT2D eigenvalue weighted by atomic mass is 32.2. The molecule has 6 heteroatoms. The number of piperidine rings is 1. The van der Waals surface area contributed by atoms with Gasteiger partial charge in [-0.15, -0.1) is 0 Å². The number of carbonyl (C=O) groups excluding carboxylic acids is 1. The Labute approximate surface area is 192 Å². The Balaban J connectivity index is 1.27. The van der Waals surface area contributed by atoms with Crippen LogP contribution in [0.1, 0.15) is 31.4 Å². The average Bonchev–Trinajstić information content (AvgIpc) is 3.06. The molecule has 0 aliphatic carbocycles. The summed E-state index contributed by atoms with van der Waals surface area (Å²) in [6.07, 6.45) is 5.01. The molecule has 5 nitrogen and oxygen atoms in total. The second-order valence-corrected chi connectivity index (χ2v) is 10.1. The molecule has 1 amide bonds. The van der Waals surface area contributed by atoms with Crippen molar-refractivity contribution in [1.29, 1.82) is 0 Å². The summed E-state index contributed by atoms with van der Waals surface area (Å²) >= 11 is 1.71. The molecule has 2 fully saturated rings. The van der Waals surface area contributed by atoms with Gasteiger partial charge in [-0.05, 0) is 62.1 Å². The van der Waals surface area contributed by atoms with E-state index in [4.69, 9.17) is 0 Å². The predicted octanol–water partition coefficient (Wildman–Crippen LogP) is 4.73. The van der Waals surface area contributed by atoms with E-state index in [1.165, 1.54) is 0 Å². The van der Waals surface area contributed by atoms with Crippen molar-refractivity contribution in [3.63, 3.8) is 0 Å². The van der Waals surface area contributed by atoms with Crippen molar-refractivity contribution in [3.8, 4) is 0 Å². The fourth-order valence-corrected chi connectivity index (χ4v) is 6.68. The minimum atomic E-state index is -0.909. The van der Waals surface area contributed by atoms with Gasteiger partial charge in [0.2, 0.25) is 5.91 Å². The third kappa shape index (κ3) is 3.25. The number of hydrogen-bond donors (Lipinski definition) is 1. The molecule has 3 aromatic rings. The van der Waals surface area contributed by atoms with Crippen LogP contribution >= 0.6 is 11.8 Å². The Kier molecular flexibility index (Phi) is 4.82. The number of hydrogen-bond acceptors (Lipinski definition) is 5. The van der Waals surface area contributed by atoms with Crippen LogP contribution in [0.3, 0.4) is 0 Å². The maximum atomic E-state index is 13.7. The largest absolute Gasteiger partial charge is 0.383 e. The van der Waals surface area contributed by atoms with Gasteiger partial charge in [-0.1, -0.05) is 42.1 Å². The number of carbonyl (C=O) groups is 1. The molecule has 1 unspecified atom stereocenters. The van der Waals surface area contributed by atoms with Gasteiger partial charge in [0, 0.05) is 28.1 Å². The molecule has 2 aromatic carbocycles. The lowest BCUT2D eigenvalue weighted by Crippen LogP contribution is -2.53. The second kappa shape index (κ2) is 7.73. The molecule has 0 spiro atoms. The summed E-state index contributed by atoms with van der Waals surface area (Å²) in [4.78, 5) is 24.6. The van der Waals surface area contributed by atoms with Crippen LogP contribution in [0.15, 0.2) is 82.7 Å². The number of fused-ring (bicyclic) bond motifs is 4. The molecule has 2 saturated heterocycles. The molecular weight excluding hydrogens is 418 g/mol. The maximum absolute atomic E-state index is 13.7. The van der Waals surface area contributed by atoms with Gasteiger partial charge in [0.25, 0.3) is 0 Å². The smallest absolute Gasteiger partial charge is 0.245 e. The van der Waals surface area contributed by atoms with Gasteiger partial charge in [0.15, 0.2) is 0 Å². The van der Waals surface area contributed by atoms with E-state index in [-0.39, 0.29) is 18.0 Å². The van der Waals surface area contributed by atoms with E-state index in [9.17, 15) is 9.90 Å². The Hall–Kier alpha value is -2.67. The van der Waals surface area contributed by atoms with E-state index < -0.39 is 5.60 Å². The molecule has 0 radical (unpaired) electrons. The minimum absolute atomic E-state index is 0.0883. The van der Waals surface area contributed by atoms with Gasteiger partial charge in [0.05, 0.1) is 23.6 Å². The van der Waals surface area contributed by atoms with Crippen molar-refractivity contribution in [3.05, 3.63) is 78.6 Å². The summed E-state index contributed by atoms with van der Waals surface area (Å²) in [6.45, 7) is 0.362. The number of nitrogens with zero attached hydrogens (tertiary/aromatic N) is 3. The molecule has 3 aliphatic heterocycles. The molecule has 2 bridgehead atoms. The molecule has 4 heterocycles. The van der Waals surface area contributed by atoms with E-state index in [1.54, 1.807) is 18.0 Å². The van der Waals surface area contributed by atoms with Crippen molar-refractivity contribution in [2.24, 2.45) is 0 Å². The Morgan fingerprint density at radius 2 is 1.53 bits per heavy atom. The highest BCUT2D eigenvalue weighted by molar-refractivity contribution is 7.99. The number of para-hydroxylation sites is 2. The van der Waals surface area contributed by atoms with Crippen LogP contribution in [-0.2, 0) is 10.4 Å². The van der Waals surface area contributed by atoms with Crippen LogP contribution in [0.25, 0.3) is 0 Å². The Morgan fingerprint density at radius 3 is 2.12 bits per heavy atom. The highest BCUT2D eigenvalue weighted by Gasteiger charge is 2.49. The van der Waals surface area contributed by atoms with Crippen LogP contribution in [-0.4, -0.2) is 39.5 Å². The number of amides is 1. The summed E-state index contributed by atoms with van der Waals surface area (Å²) < 4.78 is 0. The van der Waals surface area contributed by atoms with Crippen LogP contribution in [0.5, 0.6) is 0 Å². The topological polar surface area (TPSA) is 56.7 Å². The Bertz CT molecular complexity index is 1110. The number of benzene rings is 2. The van der Waals surface area contributed by atoms with E-state index in [0.717, 1.165) is 39.7 Å². The summed E-state index contributed by atoms with van der Waals surface area (Å²) in [5.74, 6) is 0.0883. The number of anilines is 2. The fraction of sp³-hybridized carbons (Fsp3) is 0.308. The summed E-state index contributed by atoms with van der Waals surface area (Å²) in [5.41, 5.74) is 1.75. The van der Waals surface area contributed by atoms with E-state index >= 15 is 0 Å². The number of aromatic nitrogens is 1. The van der Waals surface area contributed by atoms with Crippen molar-refractivity contribution in [2.75, 3.05) is 11.4 Å². The van der Waals surface area contributed by atoms with Gasteiger partial charge in [-0.2, -0.15) is 0 Å². The van der Waals surface area contributed by atoms with Crippen molar-refractivity contribution >= 4 is 29.0 Å². The zero-order valence-electron chi connectivity index (χ0n) is 17.7. The van der Waals surface area contributed by atoms with Gasteiger partial charge < -0.3 is 5.11 Å². The fourth-order valence-electron chi connectivity index (χ4n) is 5.62. The molecule has 6 rings (SSSR count). The molecule has 1 N–H and O–H groups in total. The van der Waals surface area contributed by atoms with Crippen LogP contribution < -0.4 is 4.90 Å². The van der Waals surface area contributed by atoms with Crippen molar-refractivity contribution in [1.82, 2.24) is 9.88 Å². The summed E-state index contributed by atoms with van der Waals surface area (Å²) in [6, 6.07) is 22.3. The van der Waals surface area contributed by atoms with Gasteiger partial charge in [0.1, 0.15) is 5.60 Å². The molecule has 0 saturated carbocycles. The van der Waals surface area contributed by atoms with E-state index in [2.05, 4.69) is 22.0 Å². The Morgan fingerprint density at radius 1 is 0.938 bits per heavy atom. The van der Waals surface area contributed by atoms with Crippen LogP contribution in [0.4, 0.5) is 11.4 Å². The van der Waals surface area contributed by atoms with E-state index in [0.29, 0.717) is 19.4 Å². The van der Waals surface area contributed by atoms with Crippen LogP contribution in [0, 0.1) is 0 Å². The molecule has 162 valence electrons. The molecule has 1 aromatic heterocycles. The predicted molar refractivity (Wildman–Crippen MR) is 125 cm³/mol. The number of aliphatic hydroxyl groups is 1. The van der Waals surface area contributed by atoms with Crippen LogP contribution in [0.2, 0.25) is 0 Å². The third-order valence-corrected chi connectivity index (χ3v) is 8.19. The maximum Gasteiger partial charge on any atom is 0.245 e. The van der Waals surface area contributed by atoms with Crippen molar-refractivity contribution < 1.29 is 9.90 Å². The minimum Gasteiger partial charge on any atom is -0.383 e. The quantitative estimate of drug-likeness (QED) is 0.635. The summed E-state index contributed by atoms with van der Waals surface area (Å²) in [5, 5.41) is 11.4. The van der Waals surface area contributed by atoms with Crippen molar-refractivity contribution in [2.45, 2.75) is 53.2 Å². The molecule has 3 aliphatic rings. The van der Waals surface area contributed by atoms with Gasteiger partial charge >= 0.3 is 0 Å². The zero-order chi connectivity index (χ0) is 21.7. The first-order valence-corrected chi connectivity index (χ1v) is 12.0. The monoisotopic (exact) mass is 443 g/mol. The molecular formula is C26H25N3O2S. The first-order valence-electron chi connectivity index (χ1n) is 11.2. The number of rotatable bonds is 3. The SMILES string of the molecule is O=C(CN1[C@@H]2CC[C@H]1CC(O)(c1ccccn1)C2)N1c2ccccc2Sc2ccccc21. The first kappa shape index (κ1) is 20.0. The molecule has 32 heavy (non-hydrogen) atoms. The molecule has 3 atom stereocenters. The van der Waals surface area contributed by atoms with Gasteiger partial charge in [-0.3, -0.25) is 19.6 Å². The third-order valence-electron chi connectivity index (χ3n) is 7.06.